The van der Waals surface area contributed by atoms with Crippen LogP contribution in [0.1, 0.15) is 0 Å². The summed E-state index contributed by atoms with van der Waals surface area (Å²) >= 11 is 1.37. The number of nitro groups is 1. The molecule has 0 atom stereocenters. The SMILES string of the molecule is COc1ccccc1Sc1cc(NN)cc([N+](=O)[O-])c1. The summed E-state index contributed by atoms with van der Waals surface area (Å²) in [6.07, 6.45) is 0. The minimum Gasteiger partial charge on any atom is -0.496 e. The molecule has 0 saturated carbocycles. The van der Waals surface area contributed by atoms with Gasteiger partial charge >= 0.3 is 0 Å². The molecule has 6 nitrogen and oxygen atoms in total. The second kappa shape index (κ2) is 6.27. The second-order valence-corrected chi connectivity index (χ2v) is 4.99. The Balaban J connectivity index is 2.37. The van der Waals surface area contributed by atoms with Crippen molar-refractivity contribution in [1.82, 2.24) is 0 Å². The number of ether oxygens (including phenoxy) is 1. The third kappa shape index (κ3) is 3.19. The van der Waals surface area contributed by atoms with Crippen molar-refractivity contribution in [3.8, 4) is 5.75 Å². The van der Waals surface area contributed by atoms with Gasteiger partial charge < -0.3 is 10.2 Å². The predicted molar refractivity (Wildman–Crippen MR) is 78.0 cm³/mol. The van der Waals surface area contributed by atoms with Gasteiger partial charge in [0.2, 0.25) is 0 Å². The molecule has 0 aromatic heterocycles. The maximum atomic E-state index is 10.9. The Kier molecular flexibility index (Phi) is 4.44. The molecule has 0 saturated heterocycles. The Morgan fingerprint density at radius 2 is 2.05 bits per heavy atom. The Morgan fingerprint density at radius 3 is 2.70 bits per heavy atom. The van der Waals surface area contributed by atoms with Crippen molar-refractivity contribution in [2.24, 2.45) is 5.84 Å². The first-order chi connectivity index (χ1) is 9.63. The summed E-state index contributed by atoms with van der Waals surface area (Å²) in [7, 11) is 1.58. The van der Waals surface area contributed by atoms with Crippen LogP contribution in [0.4, 0.5) is 11.4 Å². The molecule has 0 amide bonds. The molecule has 104 valence electrons. The molecule has 0 aliphatic carbocycles. The molecule has 0 heterocycles. The standard InChI is InChI=1S/C13H13N3O3S/c1-19-12-4-2-3-5-13(12)20-11-7-9(15-14)6-10(8-11)16(17)18/h2-8,15H,14H2,1H3. The summed E-state index contributed by atoms with van der Waals surface area (Å²) in [5, 5.41) is 10.9. The summed E-state index contributed by atoms with van der Waals surface area (Å²) in [6, 6.07) is 12.1. The van der Waals surface area contributed by atoms with Crippen molar-refractivity contribution in [3.05, 3.63) is 52.6 Å². The molecule has 2 aromatic rings. The van der Waals surface area contributed by atoms with Crippen LogP contribution in [0.5, 0.6) is 5.75 Å². The number of methoxy groups -OCH3 is 1. The molecule has 7 heteroatoms. The number of benzene rings is 2. The number of non-ortho nitro benzene ring substituents is 1. The van der Waals surface area contributed by atoms with Gasteiger partial charge in [-0.3, -0.25) is 16.0 Å². The van der Waals surface area contributed by atoms with E-state index in [0.29, 0.717) is 16.3 Å². The highest BCUT2D eigenvalue weighted by molar-refractivity contribution is 7.99. The van der Waals surface area contributed by atoms with Gasteiger partial charge in [-0.25, -0.2) is 0 Å². The number of anilines is 1. The van der Waals surface area contributed by atoms with Gasteiger partial charge in [-0.1, -0.05) is 23.9 Å². The molecule has 2 aromatic carbocycles. The number of nitrogens with zero attached hydrogens (tertiary/aromatic N) is 1. The number of nitrogens with one attached hydrogen (secondary N) is 1. The first kappa shape index (κ1) is 14.2. The molecule has 2 rings (SSSR count). The largest absolute Gasteiger partial charge is 0.496 e. The van der Waals surface area contributed by atoms with Gasteiger partial charge in [-0.05, 0) is 18.2 Å². The van der Waals surface area contributed by atoms with E-state index in [1.807, 2.05) is 24.3 Å². The fraction of sp³-hybridized carbons (Fsp3) is 0.0769. The van der Waals surface area contributed by atoms with Crippen LogP contribution in [-0.4, -0.2) is 12.0 Å². The number of nitro benzene ring substituents is 1. The molecular weight excluding hydrogens is 278 g/mol. The summed E-state index contributed by atoms with van der Waals surface area (Å²) in [5.74, 6) is 6.04. The van der Waals surface area contributed by atoms with Crippen LogP contribution in [0.2, 0.25) is 0 Å². The quantitative estimate of drug-likeness (QED) is 0.500. The molecular formula is C13H13N3O3S. The minimum atomic E-state index is -0.451. The van der Waals surface area contributed by atoms with Gasteiger partial charge in [0, 0.05) is 17.0 Å². The average molecular weight is 291 g/mol. The van der Waals surface area contributed by atoms with E-state index in [1.54, 1.807) is 13.2 Å². The van der Waals surface area contributed by atoms with E-state index in [0.717, 1.165) is 4.90 Å². The van der Waals surface area contributed by atoms with Crippen LogP contribution in [0.3, 0.4) is 0 Å². The molecule has 3 N–H and O–H groups in total. The lowest BCUT2D eigenvalue weighted by atomic mass is 10.3. The highest BCUT2D eigenvalue weighted by Crippen LogP contribution is 2.37. The highest BCUT2D eigenvalue weighted by atomic mass is 32.2. The number of nitrogens with two attached hydrogens (primary N) is 1. The topological polar surface area (TPSA) is 90.4 Å². The van der Waals surface area contributed by atoms with E-state index < -0.39 is 4.92 Å². The number of nitrogen functional groups attached to an aromatic ring is 1. The monoisotopic (exact) mass is 291 g/mol. The third-order valence-electron chi connectivity index (χ3n) is 2.57. The average Bonchev–Trinajstić information content (AvgIpc) is 2.47. The highest BCUT2D eigenvalue weighted by Gasteiger charge is 2.12. The fourth-order valence-electron chi connectivity index (χ4n) is 1.66. The molecule has 0 spiro atoms. The Hall–Kier alpha value is -2.25. The van der Waals surface area contributed by atoms with Crippen molar-refractivity contribution in [2.45, 2.75) is 9.79 Å². The molecule has 0 radical (unpaired) electrons. The zero-order valence-corrected chi connectivity index (χ0v) is 11.5. The van der Waals surface area contributed by atoms with Crippen molar-refractivity contribution < 1.29 is 9.66 Å². The van der Waals surface area contributed by atoms with Crippen LogP contribution in [0.15, 0.2) is 52.3 Å². The van der Waals surface area contributed by atoms with Crippen molar-refractivity contribution in [2.75, 3.05) is 12.5 Å². The number of hydrazine groups is 1. The smallest absolute Gasteiger partial charge is 0.272 e. The first-order valence-corrected chi connectivity index (χ1v) is 6.52. The van der Waals surface area contributed by atoms with Gasteiger partial charge in [0.05, 0.1) is 22.6 Å². The van der Waals surface area contributed by atoms with Gasteiger partial charge in [0.25, 0.3) is 5.69 Å². The van der Waals surface area contributed by atoms with E-state index >= 15 is 0 Å². The third-order valence-corrected chi connectivity index (χ3v) is 3.59. The van der Waals surface area contributed by atoms with Crippen LogP contribution < -0.4 is 16.0 Å². The molecule has 0 aliphatic rings. The molecule has 0 aliphatic heterocycles. The second-order valence-electron chi connectivity index (χ2n) is 3.87. The molecule has 0 unspecified atom stereocenters. The Bertz CT molecular complexity index is 634. The predicted octanol–water partition coefficient (Wildman–Crippen LogP) is 3.04. The van der Waals surface area contributed by atoms with Gasteiger partial charge in [0.15, 0.2) is 0 Å². The lowest BCUT2D eigenvalue weighted by Crippen LogP contribution is -2.07. The van der Waals surface area contributed by atoms with Crippen LogP contribution >= 0.6 is 11.8 Å². The zero-order valence-electron chi connectivity index (χ0n) is 10.7. The Morgan fingerprint density at radius 1 is 1.30 bits per heavy atom. The van der Waals surface area contributed by atoms with Gasteiger partial charge in [-0.15, -0.1) is 0 Å². The number of para-hydroxylation sites is 1. The number of hydrogen-bond acceptors (Lipinski definition) is 6. The van der Waals surface area contributed by atoms with E-state index in [9.17, 15) is 10.1 Å². The number of rotatable bonds is 5. The van der Waals surface area contributed by atoms with Crippen molar-refractivity contribution in [1.29, 1.82) is 0 Å². The van der Waals surface area contributed by atoms with Crippen LogP contribution in [0, 0.1) is 10.1 Å². The lowest BCUT2D eigenvalue weighted by molar-refractivity contribution is -0.385. The number of hydrogen-bond donors (Lipinski definition) is 2. The van der Waals surface area contributed by atoms with Crippen LogP contribution in [0.25, 0.3) is 0 Å². The summed E-state index contributed by atoms with van der Waals surface area (Å²) < 4.78 is 5.26. The van der Waals surface area contributed by atoms with E-state index in [-0.39, 0.29) is 5.69 Å². The van der Waals surface area contributed by atoms with E-state index in [2.05, 4.69) is 5.43 Å². The van der Waals surface area contributed by atoms with E-state index in [4.69, 9.17) is 10.6 Å². The van der Waals surface area contributed by atoms with Gasteiger partial charge in [0.1, 0.15) is 5.75 Å². The minimum absolute atomic E-state index is 0.0159. The lowest BCUT2D eigenvalue weighted by Gasteiger charge is -2.08. The summed E-state index contributed by atoms with van der Waals surface area (Å²) in [4.78, 5) is 12.0. The zero-order chi connectivity index (χ0) is 14.5. The molecule has 0 bridgehead atoms. The van der Waals surface area contributed by atoms with Crippen LogP contribution in [-0.2, 0) is 0 Å². The van der Waals surface area contributed by atoms with Gasteiger partial charge in [-0.2, -0.15) is 0 Å². The maximum Gasteiger partial charge on any atom is 0.272 e. The molecule has 0 fully saturated rings. The molecule has 20 heavy (non-hydrogen) atoms. The normalized spacial score (nSPS) is 10.1. The van der Waals surface area contributed by atoms with Crippen molar-refractivity contribution in [3.63, 3.8) is 0 Å². The van der Waals surface area contributed by atoms with Crippen molar-refractivity contribution >= 4 is 23.1 Å². The summed E-state index contributed by atoms with van der Waals surface area (Å²) in [6.45, 7) is 0. The first-order valence-electron chi connectivity index (χ1n) is 5.71. The fourth-order valence-corrected chi connectivity index (χ4v) is 2.68. The summed E-state index contributed by atoms with van der Waals surface area (Å²) in [5.41, 5.74) is 2.90. The maximum absolute atomic E-state index is 10.9. The van der Waals surface area contributed by atoms with E-state index in [1.165, 1.54) is 23.9 Å². The Labute approximate surface area is 120 Å².